The molecule has 0 fully saturated rings. The number of phenolic OH excluding ortho intramolecular Hbond substituents is 1. The van der Waals surface area contributed by atoms with Crippen LogP contribution in [-0.2, 0) is 0 Å². The lowest BCUT2D eigenvalue weighted by atomic mass is 10.3. The Morgan fingerprint density at radius 2 is 2.17 bits per heavy atom. The number of amides is 1. The summed E-state index contributed by atoms with van der Waals surface area (Å²) in [6.45, 7) is 0. The van der Waals surface area contributed by atoms with Crippen LogP contribution in [0.3, 0.4) is 0 Å². The standard InChI is InChI=1S/C7H6ClNO3/c8-4-1-2-6(10)5(3-4)9-7(11)12/h1-3,9-10H,(H,11,12). The van der Waals surface area contributed by atoms with Gasteiger partial charge in [0.05, 0.1) is 5.69 Å². The number of hydrogen-bond donors (Lipinski definition) is 3. The molecule has 0 aliphatic rings. The van der Waals surface area contributed by atoms with E-state index in [0.29, 0.717) is 5.02 Å². The Balaban J connectivity index is 2.97. The van der Waals surface area contributed by atoms with Gasteiger partial charge in [0.25, 0.3) is 0 Å². The molecule has 3 N–H and O–H groups in total. The molecule has 0 atom stereocenters. The largest absolute Gasteiger partial charge is 0.506 e. The summed E-state index contributed by atoms with van der Waals surface area (Å²) in [5, 5.41) is 19.8. The molecule has 1 aromatic rings. The van der Waals surface area contributed by atoms with Crippen molar-refractivity contribution >= 4 is 23.4 Å². The van der Waals surface area contributed by atoms with E-state index in [9.17, 15) is 4.79 Å². The molecule has 0 aliphatic heterocycles. The van der Waals surface area contributed by atoms with Crippen molar-refractivity contribution in [3.63, 3.8) is 0 Å². The van der Waals surface area contributed by atoms with E-state index in [2.05, 4.69) is 0 Å². The fraction of sp³-hybridized carbons (Fsp3) is 0. The second-order valence-electron chi connectivity index (χ2n) is 2.09. The normalized spacial score (nSPS) is 9.42. The molecule has 1 rings (SSSR count). The number of carbonyl (C=O) groups is 1. The second kappa shape index (κ2) is 3.32. The van der Waals surface area contributed by atoms with Gasteiger partial charge < -0.3 is 10.2 Å². The number of hydrogen-bond acceptors (Lipinski definition) is 2. The molecule has 0 spiro atoms. The zero-order valence-electron chi connectivity index (χ0n) is 5.91. The first kappa shape index (κ1) is 8.67. The van der Waals surface area contributed by atoms with Crippen molar-refractivity contribution in [2.24, 2.45) is 0 Å². The van der Waals surface area contributed by atoms with Crippen LogP contribution in [0, 0.1) is 0 Å². The van der Waals surface area contributed by atoms with Crippen LogP contribution in [0.15, 0.2) is 18.2 Å². The molecular formula is C7H6ClNO3. The van der Waals surface area contributed by atoms with Crippen LogP contribution < -0.4 is 5.32 Å². The van der Waals surface area contributed by atoms with Crippen molar-refractivity contribution in [1.29, 1.82) is 0 Å². The fourth-order valence-corrected chi connectivity index (χ4v) is 0.896. The summed E-state index contributed by atoms with van der Waals surface area (Å²) in [4.78, 5) is 10.2. The number of halogens is 1. The third kappa shape index (κ3) is 2.03. The van der Waals surface area contributed by atoms with Gasteiger partial charge in [0.15, 0.2) is 0 Å². The predicted molar refractivity (Wildman–Crippen MR) is 44.8 cm³/mol. The Hall–Kier alpha value is -1.42. The Morgan fingerprint density at radius 3 is 2.75 bits per heavy atom. The smallest absolute Gasteiger partial charge is 0.409 e. The maximum atomic E-state index is 10.2. The third-order valence-electron chi connectivity index (χ3n) is 1.20. The van der Waals surface area contributed by atoms with Crippen LogP contribution >= 0.6 is 11.6 Å². The average Bonchev–Trinajstić information content (AvgIpc) is 1.96. The highest BCUT2D eigenvalue weighted by atomic mass is 35.5. The van der Waals surface area contributed by atoms with Crippen molar-refractivity contribution < 1.29 is 15.0 Å². The molecule has 1 amide bonds. The lowest BCUT2D eigenvalue weighted by molar-refractivity contribution is 0.209. The van der Waals surface area contributed by atoms with Crippen molar-refractivity contribution in [2.45, 2.75) is 0 Å². The number of carboxylic acid groups (broad SMARTS) is 1. The van der Waals surface area contributed by atoms with Gasteiger partial charge in [0, 0.05) is 5.02 Å². The first-order chi connectivity index (χ1) is 5.59. The summed E-state index contributed by atoms with van der Waals surface area (Å²) < 4.78 is 0. The van der Waals surface area contributed by atoms with Gasteiger partial charge >= 0.3 is 6.09 Å². The summed E-state index contributed by atoms with van der Waals surface area (Å²) in [6.07, 6.45) is -1.24. The number of phenols is 1. The van der Waals surface area contributed by atoms with E-state index in [1.165, 1.54) is 18.2 Å². The van der Waals surface area contributed by atoms with Crippen LogP contribution in [0.25, 0.3) is 0 Å². The number of nitrogens with one attached hydrogen (secondary N) is 1. The highest BCUT2D eigenvalue weighted by Gasteiger charge is 2.03. The third-order valence-corrected chi connectivity index (χ3v) is 1.44. The highest BCUT2D eigenvalue weighted by molar-refractivity contribution is 6.31. The summed E-state index contributed by atoms with van der Waals surface area (Å²) >= 11 is 5.56. The van der Waals surface area contributed by atoms with E-state index in [1.54, 1.807) is 0 Å². The van der Waals surface area contributed by atoms with Gasteiger partial charge in [-0.2, -0.15) is 0 Å². The Labute approximate surface area is 73.4 Å². The topological polar surface area (TPSA) is 69.6 Å². The lowest BCUT2D eigenvalue weighted by Gasteiger charge is -2.03. The van der Waals surface area contributed by atoms with Crippen molar-refractivity contribution in [3.8, 4) is 5.75 Å². The molecule has 1 aromatic carbocycles. The van der Waals surface area contributed by atoms with Crippen LogP contribution in [-0.4, -0.2) is 16.3 Å². The molecule has 0 aliphatic carbocycles. The van der Waals surface area contributed by atoms with Gasteiger partial charge in [-0.1, -0.05) is 11.6 Å². The lowest BCUT2D eigenvalue weighted by Crippen LogP contribution is -2.07. The predicted octanol–water partition coefficient (Wildman–Crippen LogP) is 2.14. The van der Waals surface area contributed by atoms with Gasteiger partial charge in [-0.3, -0.25) is 5.32 Å². The summed E-state index contributed by atoms with van der Waals surface area (Å²) in [5.41, 5.74) is 0.0787. The van der Waals surface area contributed by atoms with E-state index in [-0.39, 0.29) is 11.4 Å². The Kier molecular flexibility index (Phi) is 2.40. The first-order valence-corrected chi connectivity index (χ1v) is 3.46. The number of anilines is 1. The first-order valence-electron chi connectivity index (χ1n) is 3.08. The van der Waals surface area contributed by atoms with Gasteiger partial charge in [0.2, 0.25) is 0 Å². The summed E-state index contributed by atoms with van der Waals surface area (Å²) in [6, 6.07) is 4.10. The molecule has 0 heterocycles. The van der Waals surface area contributed by atoms with Crippen molar-refractivity contribution in [1.82, 2.24) is 0 Å². The summed E-state index contributed by atoms with van der Waals surface area (Å²) in [7, 11) is 0. The van der Waals surface area contributed by atoms with E-state index < -0.39 is 6.09 Å². The minimum absolute atomic E-state index is 0.0787. The maximum absolute atomic E-state index is 10.2. The zero-order valence-corrected chi connectivity index (χ0v) is 6.67. The van der Waals surface area contributed by atoms with Crippen LogP contribution in [0.2, 0.25) is 5.02 Å². The van der Waals surface area contributed by atoms with Crippen molar-refractivity contribution in [2.75, 3.05) is 5.32 Å². The molecule has 12 heavy (non-hydrogen) atoms. The average molecular weight is 188 g/mol. The van der Waals surface area contributed by atoms with E-state index >= 15 is 0 Å². The molecule has 5 heteroatoms. The molecule has 0 saturated carbocycles. The quantitative estimate of drug-likeness (QED) is 0.590. The van der Waals surface area contributed by atoms with Gasteiger partial charge in [0.1, 0.15) is 5.75 Å². The molecule has 0 saturated heterocycles. The fourth-order valence-electron chi connectivity index (χ4n) is 0.724. The second-order valence-corrected chi connectivity index (χ2v) is 2.53. The molecule has 4 nitrogen and oxygen atoms in total. The minimum Gasteiger partial charge on any atom is -0.506 e. The van der Waals surface area contributed by atoms with E-state index in [4.69, 9.17) is 21.8 Å². The molecule has 0 aromatic heterocycles. The Bertz CT molecular complexity index is 314. The van der Waals surface area contributed by atoms with Crippen LogP contribution in [0.4, 0.5) is 10.5 Å². The Morgan fingerprint density at radius 1 is 1.50 bits per heavy atom. The molecule has 0 bridgehead atoms. The van der Waals surface area contributed by atoms with Crippen LogP contribution in [0.1, 0.15) is 0 Å². The maximum Gasteiger partial charge on any atom is 0.409 e. The SMILES string of the molecule is O=C(O)Nc1cc(Cl)ccc1O. The zero-order chi connectivity index (χ0) is 9.14. The molecular weight excluding hydrogens is 182 g/mol. The summed E-state index contributed by atoms with van der Waals surface area (Å²) in [5.74, 6) is -0.151. The van der Waals surface area contributed by atoms with Crippen LogP contribution in [0.5, 0.6) is 5.75 Å². The van der Waals surface area contributed by atoms with E-state index in [1.807, 2.05) is 5.32 Å². The number of aromatic hydroxyl groups is 1. The van der Waals surface area contributed by atoms with E-state index in [0.717, 1.165) is 0 Å². The van der Waals surface area contributed by atoms with Gasteiger partial charge in [-0.05, 0) is 18.2 Å². The monoisotopic (exact) mass is 187 g/mol. The molecule has 0 unspecified atom stereocenters. The minimum atomic E-state index is -1.24. The highest BCUT2D eigenvalue weighted by Crippen LogP contribution is 2.26. The molecule has 64 valence electrons. The molecule has 0 radical (unpaired) electrons. The van der Waals surface area contributed by atoms with Gasteiger partial charge in [-0.15, -0.1) is 0 Å². The van der Waals surface area contributed by atoms with Crippen molar-refractivity contribution in [3.05, 3.63) is 23.2 Å². The number of benzene rings is 1. The number of rotatable bonds is 1. The van der Waals surface area contributed by atoms with Gasteiger partial charge in [-0.25, -0.2) is 4.79 Å².